The van der Waals surface area contributed by atoms with Gasteiger partial charge in [0.25, 0.3) is 0 Å². The fourth-order valence-corrected chi connectivity index (χ4v) is 5.31. The summed E-state index contributed by atoms with van der Waals surface area (Å²) < 4.78 is 37.9. The Morgan fingerprint density at radius 2 is 1.73 bits per heavy atom. The van der Waals surface area contributed by atoms with Crippen molar-refractivity contribution in [2.75, 3.05) is 13.1 Å². The second-order valence-electron chi connectivity index (χ2n) is 7.89. The first-order valence-corrected chi connectivity index (χ1v) is 12.7. The molecule has 0 aliphatic carbocycles. The van der Waals surface area contributed by atoms with E-state index in [1.807, 2.05) is 12.1 Å². The maximum Gasteiger partial charge on any atom is 0.306 e. The van der Waals surface area contributed by atoms with Crippen LogP contribution < -0.4 is 0 Å². The molecule has 2 aromatic carbocycles. The van der Waals surface area contributed by atoms with Gasteiger partial charge in [0.15, 0.2) is 12.4 Å². The summed E-state index contributed by atoms with van der Waals surface area (Å²) in [5, 5.41) is 0.630. The van der Waals surface area contributed by atoms with Crippen LogP contribution in [0.4, 0.5) is 0 Å². The monoisotopic (exact) mass is 488 g/mol. The summed E-state index contributed by atoms with van der Waals surface area (Å²) >= 11 is 5.89. The third-order valence-electron chi connectivity index (χ3n) is 5.53. The third-order valence-corrected chi connectivity index (χ3v) is 7.70. The first-order valence-electron chi connectivity index (χ1n) is 10.9. The molecule has 0 bridgehead atoms. The Hall–Kier alpha value is -2.68. The van der Waals surface area contributed by atoms with Crippen LogP contribution in [0.5, 0.6) is 0 Å². The summed E-state index contributed by atoms with van der Waals surface area (Å²) in [6.45, 7) is 1.09. The van der Waals surface area contributed by atoms with Crippen molar-refractivity contribution in [1.82, 2.24) is 9.29 Å². The van der Waals surface area contributed by atoms with Crippen LogP contribution in [0.2, 0.25) is 5.02 Å². The zero-order valence-electron chi connectivity index (χ0n) is 18.1. The Morgan fingerprint density at radius 1 is 1.03 bits per heavy atom. The van der Waals surface area contributed by atoms with E-state index in [4.69, 9.17) is 20.8 Å². The quantitative estimate of drug-likeness (QED) is 0.421. The Balaban J connectivity index is 1.26. The smallest absolute Gasteiger partial charge is 0.306 e. The molecule has 3 aromatic rings. The normalized spacial score (nSPS) is 14.8. The second kappa shape index (κ2) is 10.5. The number of aryl methyl sites for hydroxylation is 1. The zero-order valence-corrected chi connectivity index (χ0v) is 19.6. The third kappa shape index (κ3) is 6.01. The Morgan fingerprint density at radius 3 is 2.42 bits per heavy atom. The highest BCUT2D eigenvalue weighted by molar-refractivity contribution is 7.89. The maximum absolute atomic E-state index is 12.7. The average molecular weight is 489 g/mol. The van der Waals surface area contributed by atoms with Crippen molar-refractivity contribution in [3.8, 4) is 11.3 Å². The number of benzene rings is 2. The van der Waals surface area contributed by atoms with Crippen molar-refractivity contribution < 1.29 is 22.4 Å². The topological polar surface area (TPSA) is 89.7 Å². The molecule has 174 valence electrons. The summed E-state index contributed by atoms with van der Waals surface area (Å²) in [4.78, 5) is 16.6. The molecule has 1 aliphatic rings. The van der Waals surface area contributed by atoms with Crippen molar-refractivity contribution in [2.24, 2.45) is 0 Å². The number of esters is 1. The Bertz CT molecular complexity index is 1180. The molecule has 0 unspecified atom stereocenters. The van der Waals surface area contributed by atoms with Gasteiger partial charge in [-0.2, -0.15) is 4.31 Å². The molecule has 1 saturated heterocycles. The van der Waals surface area contributed by atoms with Crippen LogP contribution in [0.1, 0.15) is 37.1 Å². The van der Waals surface area contributed by atoms with Gasteiger partial charge in [0.1, 0.15) is 0 Å². The fourth-order valence-electron chi connectivity index (χ4n) is 3.67. The molecule has 0 N–H and O–H groups in total. The van der Waals surface area contributed by atoms with E-state index in [1.54, 1.807) is 46.9 Å². The van der Waals surface area contributed by atoms with E-state index >= 15 is 0 Å². The van der Waals surface area contributed by atoms with E-state index in [9.17, 15) is 13.2 Å². The van der Waals surface area contributed by atoms with E-state index in [0.29, 0.717) is 36.2 Å². The standard InChI is InChI=1S/C24H25ClN2O5S/c25-20-9-7-19(8-10-20)22-16-26-23(32-22)17-31-24(28)13-6-18-4-11-21(12-5-18)33(29,30)27-14-2-1-3-15-27/h4-5,7-12,16H,1-3,6,13-15,17H2. The molecule has 0 atom stereocenters. The summed E-state index contributed by atoms with van der Waals surface area (Å²) in [6.07, 6.45) is 5.06. The number of rotatable bonds is 8. The van der Waals surface area contributed by atoms with Crippen LogP contribution in [0.15, 0.2) is 64.0 Å². The number of carbonyl (C=O) groups is 1. The molecular weight excluding hydrogens is 464 g/mol. The van der Waals surface area contributed by atoms with E-state index in [1.165, 1.54) is 0 Å². The lowest BCUT2D eigenvalue weighted by atomic mass is 10.1. The number of hydrogen-bond acceptors (Lipinski definition) is 6. The highest BCUT2D eigenvalue weighted by Gasteiger charge is 2.25. The van der Waals surface area contributed by atoms with Gasteiger partial charge in [-0.15, -0.1) is 0 Å². The number of carbonyl (C=O) groups excluding carboxylic acids is 1. The van der Waals surface area contributed by atoms with Crippen LogP contribution in [0.25, 0.3) is 11.3 Å². The highest BCUT2D eigenvalue weighted by Crippen LogP contribution is 2.23. The molecule has 1 aromatic heterocycles. The number of hydrogen-bond donors (Lipinski definition) is 0. The minimum atomic E-state index is -3.45. The highest BCUT2D eigenvalue weighted by atomic mass is 35.5. The first-order chi connectivity index (χ1) is 15.9. The van der Waals surface area contributed by atoms with Crippen LogP contribution in [-0.4, -0.2) is 36.8 Å². The van der Waals surface area contributed by atoms with E-state index in [0.717, 1.165) is 30.4 Å². The maximum atomic E-state index is 12.7. The zero-order chi connectivity index (χ0) is 23.3. The fraction of sp³-hybridized carbons (Fsp3) is 0.333. The van der Waals surface area contributed by atoms with Gasteiger partial charge in [0.2, 0.25) is 15.9 Å². The van der Waals surface area contributed by atoms with E-state index in [-0.39, 0.29) is 23.9 Å². The van der Waals surface area contributed by atoms with Crippen molar-refractivity contribution in [1.29, 1.82) is 0 Å². The summed E-state index contributed by atoms with van der Waals surface area (Å²) in [5.74, 6) is 0.490. The Kier molecular flexibility index (Phi) is 7.47. The molecule has 9 heteroatoms. The van der Waals surface area contributed by atoms with Gasteiger partial charge >= 0.3 is 5.97 Å². The first kappa shape index (κ1) is 23.5. The van der Waals surface area contributed by atoms with Crippen molar-refractivity contribution in [3.63, 3.8) is 0 Å². The molecule has 0 spiro atoms. The minimum Gasteiger partial charge on any atom is -0.456 e. The predicted octanol–water partition coefficient (Wildman–Crippen LogP) is 4.85. The van der Waals surface area contributed by atoms with E-state index in [2.05, 4.69) is 4.98 Å². The van der Waals surface area contributed by atoms with Gasteiger partial charge in [0, 0.05) is 30.1 Å². The van der Waals surface area contributed by atoms with Crippen LogP contribution in [0, 0.1) is 0 Å². The lowest BCUT2D eigenvalue weighted by Crippen LogP contribution is -2.35. The van der Waals surface area contributed by atoms with Gasteiger partial charge in [0.05, 0.1) is 11.1 Å². The van der Waals surface area contributed by atoms with Crippen LogP contribution in [0.3, 0.4) is 0 Å². The van der Waals surface area contributed by atoms with Gasteiger partial charge in [-0.05, 0) is 61.2 Å². The molecule has 0 saturated carbocycles. The number of piperidine rings is 1. The molecule has 33 heavy (non-hydrogen) atoms. The number of halogens is 1. The van der Waals surface area contributed by atoms with Gasteiger partial charge in [-0.25, -0.2) is 13.4 Å². The molecule has 7 nitrogen and oxygen atoms in total. The molecule has 4 rings (SSSR count). The summed E-state index contributed by atoms with van der Waals surface area (Å²) in [7, 11) is -3.45. The SMILES string of the molecule is O=C(CCc1ccc(S(=O)(=O)N2CCCCC2)cc1)OCc1ncc(-c2ccc(Cl)cc2)o1. The van der Waals surface area contributed by atoms with Crippen LogP contribution in [-0.2, 0) is 32.6 Å². The van der Waals surface area contributed by atoms with Gasteiger partial charge in [-0.1, -0.05) is 30.2 Å². The summed E-state index contributed by atoms with van der Waals surface area (Å²) in [6, 6.07) is 13.9. The summed E-state index contributed by atoms with van der Waals surface area (Å²) in [5.41, 5.74) is 1.70. The predicted molar refractivity (Wildman–Crippen MR) is 124 cm³/mol. The molecular formula is C24H25ClN2O5S. The lowest BCUT2D eigenvalue weighted by Gasteiger charge is -2.25. The van der Waals surface area contributed by atoms with Gasteiger partial charge in [-0.3, -0.25) is 4.79 Å². The van der Waals surface area contributed by atoms with Crippen molar-refractivity contribution >= 4 is 27.6 Å². The molecule has 1 fully saturated rings. The number of oxazole rings is 1. The number of sulfonamides is 1. The molecule has 1 aliphatic heterocycles. The van der Waals surface area contributed by atoms with E-state index < -0.39 is 10.0 Å². The largest absolute Gasteiger partial charge is 0.456 e. The van der Waals surface area contributed by atoms with Gasteiger partial charge < -0.3 is 9.15 Å². The molecule has 2 heterocycles. The second-order valence-corrected chi connectivity index (χ2v) is 10.3. The van der Waals surface area contributed by atoms with Crippen molar-refractivity contribution in [3.05, 3.63) is 71.2 Å². The average Bonchev–Trinajstić information content (AvgIpc) is 3.32. The minimum absolute atomic E-state index is 0.0561. The number of ether oxygens (including phenoxy) is 1. The number of aromatic nitrogens is 1. The molecule has 0 radical (unpaired) electrons. The number of nitrogens with zero attached hydrogens (tertiary/aromatic N) is 2. The molecule has 0 amide bonds. The van der Waals surface area contributed by atoms with Crippen molar-refractivity contribution in [2.45, 2.75) is 43.6 Å². The lowest BCUT2D eigenvalue weighted by molar-refractivity contribution is -0.145. The Labute approximate surface area is 198 Å². The van der Waals surface area contributed by atoms with Crippen LogP contribution >= 0.6 is 11.6 Å².